The Kier molecular flexibility index (Phi) is 4.18. The molecule has 6 nitrogen and oxygen atoms in total. The molecule has 1 aromatic carbocycles. The Bertz CT molecular complexity index is 637. The lowest BCUT2D eigenvalue weighted by Gasteiger charge is -2.01. The maximum absolute atomic E-state index is 11.4. The number of hydrogen-bond acceptors (Lipinski definition) is 5. The molecule has 2 rings (SSSR count). The highest BCUT2D eigenvalue weighted by Gasteiger charge is 2.28. The molecule has 0 heterocycles. The van der Waals surface area contributed by atoms with Crippen LogP contribution >= 0.6 is 0 Å². The van der Waals surface area contributed by atoms with Crippen molar-refractivity contribution >= 4 is 23.2 Å². The number of carbonyl (C=O) groups is 3. The van der Waals surface area contributed by atoms with E-state index in [9.17, 15) is 19.5 Å². The first-order valence-corrected chi connectivity index (χ1v) is 6.25. The minimum atomic E-state index is -1.02. The molecule has 0 aromatic heterocycles. The molecule has 6 heteroatoms. The van der Waals surface area contributed by atoms with Crippen LogP contribution in [0.1, 0.15) is 23.2 Å². The van der Waals surface area contributed by atoms with Gasteiger partial charge in [-0.2, -0.15) is 0 Å². The molecule has 0 unspecified atom stereocenters. The van der Waals surface area contributed by atoms with Gasteiger partial charge >= 0.3 is 5.97 Å². The fourth-order valence-electron chi connectivity index (χ4n) is 1.93. The lowest BCUT2D eigenvalue weighted by atomic mass is 10.1. The zero-order chi connectivity index (χ0) is 15.4. The molecule has 0 bridgehead atoms. The number of benzene rings is 1. The van der Waals surface area contributed by atoms with Crippen molar-refractivity contribution in [2.45, 2.75) is 12.8 Å². The molecule has 1 aromatic rings. The normalized spacial score (nSPS) is 14.8. The molecule has 3 N–H and O–H groups in total. The first-order chi connectivity index (χ1) is 9.99. The molecular formula is C15H13NO5. The van der Waals surface area contributed by atoms with Gasteiger partial charge in [0.25, 0.3) is 0 Å². The number of ketones is 2. The van der Waals surface area contributed by atoms with E-state index in [4.69, 9.17) is 5.11 Å². The molecule has 108 valence electrons. The quantitative estimate of drug-likeness (QED) is 0.445. The van der Waals surface area contributed by atoms with Crippen LogP contribution in [-0.4, -0.2) is 27.7 Å². The number of nitrogens with one attached hydrogen (secondary N) is 1. The molecule has 1 fully saturated rings. The van der Waals surface area contributed by atoms with E-state index < -0.39 is 5.97 Å². The van der Waals surface area contributed by atoms with Crippen molar-refractivity contribution in [2.75, 3.05) is 5.32 Å². The number of aliphatic hydroxyl groups excluding tert-OH is 1. The lowest BCUT2D eigenvalue weighted by molar-refractivity contribution is -0.116. The van der Waals surface area contributed by atoms with Crippen molar-refractivity contribution < 1.29 is 24.6 Å². The summed E-state index contributed by atoms with van der Waals surface area (Å²) < 4.78 is 0. The number of carboxylic acid groups (broad SMARTS) is 1. The average molecular weight is 287 g/mol. The monoisotopic (exact) mass is 287 g/mol. The van der Waals surface area contributed by atoms with Gasteiger partial charge in [-0.1, -0.05) is 0 Å². The second-order valence-electron chi connectivity index (χ2n) is 4.47. The van der Waals surface area contributed by atoms with Gasteiger partial charge in [-0.05, 0) is 30.3 Å². The minimum absolute atomic E-state index is 0.135. The second kappa shape index (κ2) is 6.04. The first-order valence-electron chi connectivity index (χ1n) is 6.25. The highest BCUT2D eigenvalue weighted by atomic mass is 16.4. The Morgan fingerprint density at radius 3 is 2.14 bits per heavy atom. The number of Topliss-reactive ketones (excluding diaryl/α,β-unsaturated/α-hetero) is 2. The Balaban J connectivity index is 2.05. The van der Waals surface area contributed by atoms with Crippen LogP contribution in [0, 0.1) is 0 Å². The zero-order valence-electron chi connectivity index (χ0n) is 11.0. The molecule has 0 atom stereocenters. The summed E-state index contributed by atoms with van der Waals surface area (Å²) in [7, 11) is 0. The summed E-state index contributed by atoms with van der Waals surface area (Å²) in [6.07, 6.45) is 2.87. The number of hydrogen-bond donors (Lipinski definition) is 3. The van der Waals surface area contributed by atoms with E-state index in [0.717, 1.165) is 0 Å². The maximum atomic E-state index is 11.4. The summed E-state index contributed by atoms with van der Waals surface area (Å²) in [5.41, 5.74) is 0.615. The number of carboxylic acids is 1. The van der Waals surface area contributed by atoms with E-state index >= 15 is 0 Å². The van der Waals surface area contributed by atoms with Crippen molar-refractivity contribution in [2.24, 2.45) is 0 Å². The summed E-state index contributed by atoms with van der Waals surface area (Å²) in [6.45, 7) is 0. The van der Waals surface area contributed by atoms with Crippen molar-refractivity contribution in [1.29, 1.82) is 0 Å². The van der Waals surface area contributed by atoms with Crippen molar-refractivity contribution in [3.63, 3.8) is 0 Å². The predicted molar refractivity (Wildman–Crippen MR) is 75.1 cm³/mol. The summed E-state index contributed by atoms with van der Waals surface area (Å²) in [6, 6.07) is 5.98. The Morgan fingerprint density at radius 1 is 1.05 bits per heavy atom. The van der Waals surface area contributed by atoms with Gasteiger partial charge in [-0.3, -0.25) is 9.59 Å². The van der Waals surface area contributed by atoms with Crippen LogP contribution in [-0.2, 0) is 9.59 Å². The van der Waals surface area contributed by atoms with Crippen LogP contribution in [0.25, 0.3) is 0 Å². The summed E-state index contributed by atoms with van der Waals surface area (Å²) >= 11 is 0. The van der Waals surface area contributed by atoms with Gasteiger partial charge < -0.3 is 15.5 Å². The Morgan fingerprint density at radius 2 is 1.62 bits per heavy atom. The van der Waals surface area contributed by atoms with Crippen LogP contribution in [0.3, 0.4) is 0 Å². The number of rotatable bonds is 4. The van der Waals surface area contributed by atoms with E-state index in [1.54, 1.807) is 12.1 Å². The van der Waals surface area contributed by atoms with Crippen molar-refractivity contribution in [3.05, 3.63) is 53.4 Å². The standard InChI is InChI=1S/C15H13NO5/c17-11-5-6-12(18)14(11)13(19)7-8-16-10-3-1-9(2-4-10)15(20)21/h1-4,7-8,16,19H,5-6H2,(H,20,21)/b8-7+. The van der Waals surface area contributed by atoms with Gasteiger partial charge in [0.2, 0.25) is 0 Å². The van der Waals surface area contributed by atoms with Gasteiger partial charge in [0.15, 0.2) is 11.6 Å². The smallest absolute Gasteiger partial charge is 0.335 e. The number of allylic oxidation sites excluding steroid dienone is 2. The third-order valence-electron chi connectivity index (χ3n) is 3.02. The van der Waals surface area contributed by atoms with Gasteiger partial charge in [-0.25, -0.2) is 4.79 Å². The lowest BCUT2D eigenvalue weighted by Crippen LogP contribution is -2.03. The molecular weight excluding hydrogens is 274 g/mol. The summed E-state index contributed by atoms with van der Waals surface area (Å²) in [4.78, 5) is 33.5. The van der Waals surface area contributed by atoms with Gasteiger partial charge in [-0.15, -0.1) is 0 Å². The second-order valence-corrected chi connectivity index (χ2v) is 4.47. The van der Waals surface area contributed by atoms with E-state index in [2.05, 4.69) is 5.32 Å². The Hall–Kier alpha value is -2.89. The van der Waals surface area contributed by atoms with Crippen LogP contribution in [0.15, 0.2) is 47.9 Å². The maximum Gasteiger partial charge on any atom is 0.335 e. The first kappa shape index (κ1) is 14.5. The molecule has 0 amide bonds. The van der Waals surface area contributed by atoms with E-state index in [0.29, 0.717) is 5.69 Å². The largest absolute Gasteiger partial charge is 0.507 e. The summed E-state index contributed by atoms with van der Waals surface area (Å²) in [5.74, 6) is -2.09. The average Bonchev–Trinajstić information content (AvgIpc) is 2.78. The summed E-state index contributed by atoms with van der Waals surface area (Å²) in [5, 5.41) is 21.3. The molecule has 1 aliphatic rings. The van der Waals surface area contributed by atoms with E-state index in [1.807, 2.05) is 0 Å². The van der Waals surface area contributed by atoms with Gasteiger partial charge in [0.1, 0.15) is 11.3 Å². The third kappa shape index (κ3) is 3.36. The van der Waals surface area contributed by atoms with Crippen LogP contribution in [0.2, 0.25) is 0 Å². The fraction of sp³-hybridized carbons (Fsp3) is 0.133. The molecule has 0 aliphatic heterocycles. The molecule has 0 radical (unpaired) electrons. The van der Waals surface area contributed by atoms with E-state index in [-0.39, 0.29) is 41.3 Å². The van der Waals surface area contributed by atoms with Crippen molar-refractivity contribution in [1.82, 2.24) is 0 Å². The van der Waals surface area contributed by atoms with Crippen LogP contribution in [0.4, 0.5) is 5.69 Å². The van der Waals surface area contributed by atoms with Gasteiger partial charge in [0.05, 0.1) is 5.56 Å². The fourth-order valence-corrected chi connectivity index (χ4v) is 1.93. The molecule has 1 saturated carbocycles. The third-order valence-corrected chi connectivity index (χ3v) is 3.02. The van der Waals surface area contributed by atoms with Gasteiger partial charge in [0, 0.05) is 24.7 Å². The number of aromatic carboxylic acids is 1. The minimum Gasteiger partial charge on any atom is -0.507 e. The number of anilines is 1. The SMILES string of the molecule is O=C1CCC(=O)C1=C(O)/C=C/Nc1ccc(C(=O)O)cc1. The predicted octanol–water partition coefficient (Wildman–Crippen LogP) is 2.05. The molecule has 1 aliphatic carbocycles. The highest BCUT2D eigenvalue weighted by molar-refractivity contribution is 6.25. The molecule has 0 spiro atoms. The molecule has 0 saturated heterocycles. The Labute approximate surface area is 120 Å². The van der Waals surface area contributed by atoms with Crippen molar-refractivity contribution in [3.8, 4) is 0 Å². The number of aliphatic hydroxyl groups is 1. The topological polar surface area (TPSA) is 104 Å². The number of carbonyl (C=O) groups excluding carboxylic acids is 2. The molecule has 21 heavy (non-hydrogen) atoms. The van der Waals surface area contributed by atoms with Crippen LogP contribution in [0.5, 0.6) is 0 Å². The zero-order valence-corrected chi connectivity index (χ0v) is 11.0. The van der Waals surface area contributed by atoms with Crippen LogP contribution < -0.4 is 5.32 Å². The highest BCUT2D eigenvalue weighted by Crippen LogP contribution is 2.20. The van der Waals surface area contributed by atoms with E-state index in [1.165, 1.54) is 24.4 Å².